The van der Waals surface area contributed by atoms with Gasteiger partial charge in [0.2, 0.25) is 5.91 Å². The standard InChI is InChI=1S/C12H27N3O/c1-3-5-8-15(9-6-4-2)10-7-11(13)12(14)16/h11H,3-10,13H2,1-2H3,(H2,14,16). The van der Waals surface area contributed by atoms with Crippen LogP contribution in [0.4, 0.5) is 0 Å². The van der Waals surface area contributed by atoms with Crippen LogP contribution >= 0.6 is 0 Å². The molecule has 0 radical (unpaired) electrons. The number of nitrogens with zero attached hydrogens (tertiary/aromatic N) is 1. The summed E-state index contributed by atoms with van der Waals surface area (Å²) in [6, 6.07) is -0.495. The average molecular weight is 229 g/mol. The molecule has 1 atom stereocenters. The minimum atomic E-state index is -0.495. The fourth-order valence-electron chi connectivity index (χ4n) is 1.56. The molecule has 4 heteroatoms. The molecule has 0 fully saturated rings. The molecule has 1 unspecified atom stereocenters. The summed E-state index contributed by atoms with van der Waals surface area (Å²) in [5.74, 6) is -0.397. The summed E-state index contributed by atoms with van der Waals surface area (Å²) in [6.45, 7) is 7.45. The highest BCUT2D eigenvalue weighted by Gasteiger charge is 2.11. The van der Waals surface area contributed by atoms with E-state index < -0.39 is 11.9 Å². The average Bonchev–Trinajstić information content (AvgIpc) is 2.27. The van der Waals surface area contributed by atoms with Crippen LogP contribution in [0.1, 0.15) is 46.0 Å². The van der Waals surface area contributed by atoms with Crippen LogP contribution in [0.15, 0.2) is 0 Å². The summed E-state index contributed by atoms with van der Waals surface area (Å²) in [7, 11) is 0. The van der Waals surface area contributed by atoms with Gasteiger partial charge in [-0.05, 0) is 32.4 Å². The Labute approximate surface area is 99.4 Å². The lowest BCUT2D eigenvalue weighted by Gasteiger charge is -2.22. The molecule has 0 aromatic carbocycles. The molecule has 0 saturated heterocycles. The first kappa shape index (κ1) is 15.4. The Morgan fingerprint density at radius 2 is 1.62 bits per heavy atom. The van der Waals surface area contributed by atoms with Crippen molar-refractivity contribution in [2.75, 3.05) is 19.6 Å². The van der Waals surface area contributed by atoms with E-state index in [0.29, 0.717) is 6.42 Å². The Balaban J connectivity index is 3.84. The summed E-state index contributed by atoms with van der Waals surface area (Å²) >= 11 is 0. The minimum Gasteiger partial charge on any atom is -0.368 e. The van der Waals surface area contributed by atoms with E-state index in [4.69, 9.17) is 11.5 Å². The van der Waals surface area contributed by atoms with Gasteiger partial charge in [0.15, 0.2) is 0 Å². The van der Waals surface area contributed by atoms with Gasteiger partial charge in [0.1, 0.15) is 0 Å². The Kier molecular flexibility index (Phi) is 9.24. The first-order chi connectivity index (χ1) is 7.61. The highest BCUT2D eigenvalue weighted by atomic mass is 16.1. The van der Waals surface area contributed by atoms with Crippen LogP contribution in [-0.2, 0) is 4.79 Å². The molecule has 0 aromatic heterocycles. The molecular formula is C12H27N3O. The summed E-state index contributed by atoms with van der Waals surface area (Å²) in [6.07, 6.45) is 5.48. The number of rotatable bonds is 10. The molecule has 0 heterocycles. The predicted molar refractivity (Wildman–Crippen MR) is 68.0 cm³/mol. The number of carbonyl (C=O) groups is 1. The van der Waals surface area contributed by atoms with E-state index in [1.54, 1.807) is 0 Å². The van der Waals surface area contributed by atoms with Gasteiger partial charge >= 0.3 is 0 Å². The fraction of sp³-hybridized carbons (Fsp3) is 0.917. The van der Waals surface area contributed by atoms with E-state index in [0.717, 1.165) is 19.6 Å². The molecule has 0 aliphatic carbocycles. The molecule has 1 amide bonds. The first-order valence-corrected chi connectivity index (χ1v) is 6.39. The Morgan fingerprint density at radius 3 is 2.00 bits per heavy atom. The molecule has 0 spiro atoms. The maximum Gasteiger partial charge on any atom is 0.234 e. The van der Waals surface area contributed by atoms with E-state index in [-0.39, 0.29) is 0 Å². The zero-order chi connectivity index (χ0) is 12.4. The number of nitrogens with two attached hydrogens (primary N) is 2. The normalized spacial score (nSPS) is 13.0. The number of hydrogen-bond donors (Lipinski definition) is 2. The molecule has 96 valence electrons. The highest BCUT2D eigenvalue weighted by molar-refractivity contribution is 5.79. The Hall–Kier alpha value is -0.610. The lowest BCUT2D eigenvalue weighted by atomic mass is 10.2. The third kappa shape index (κ3) is 7.65. The lowest BCUT2D eigenvalue weighted by Crippen LogP contribution is -2.40. The summed E-state index contributed by atoms with van der Waals surface area (Å²) < 4.78 is 0. The van der Waals surface area contributed by atoms with E-state index in [9.17, 15) is 4.79 Å². The van der Waals surface area contributed by atoms with Crippen LogP contribution in [0.2, 0.25) is 0 Å². The number of hydrogen-bond acceptors (Lipinski definition) is 3. The monoisotopic (exact) mass is 229 g/mol. The van der Waals surface area contributed by atoms with Gasteiger partial charge in [-0.25, -0.2) is 0 Å². The lowest BCUT2D eigenvalue weighted by molar-refractivity contribution is -0.119. The van der Waals surface area contributed by atoms with Crippen molar-refractivity contribution < 1.29 is 4.79 Å². The van der Waals surface area contributed by atoms with Crippen molar-refractivity contribution in [3.05, 3.63) is 0 Å². The first-order valence-electron chi connectivity index (χ1n) is 6.39. The van der Waals surface area contributed by atoms with Crippen molar-refractivity contribution in [3.63, 3.8) is 0 Å². The molecule has 0 saturated carbocycles. The molecule has 0 rings (SSSR count). The third-order valence-corrected chi connectivity index (χ3v) is 2.78. The molecule has 0 aliphatic heterocycles. The second-order valence-corrected chi connectivity index (χ2v) is 4.35. The van der Waals surface area contributed by atoms with Gasteiger partial charge in [-0.1, -0.05) is 26.7 Å². The molecular weight excluding hydrogens is 202 g/mol. The molecule has 0 aliphatic rings. The number of carbonyl (C=O) groups excluding carboxylic acids is 1. The van der Waals surface area contributed by atoms with Gasteiger partial charge in [0, 0.05) is 6.54 Å². The van der Waals surface area contributed by atoms with Crippen molar-refractivity contribution in [1.29, 1.82) is 0 Å². The maximum atomic E-state index is 10.8. The molecule has 0 aromatic rings. The second-order valence-electron chi connectivity index (χ2n) is 4.35. The molecule has 16 heavy (non-hydrogen) atoms. The number of amides is 1. The van der Waals surface area contributed by atoms with E-state index in [2.05, 4.69) is 18.7 Å². The van der Waals surface area contributed by atoms with Gasteiger partial charge in [-0.15, -0.1) is 0 Å². The van der Waals surface area contributed by atoms with Crippen LogP contribution in [0.3, 0.4) is 0 Å². The van der Waals surface area contributed by atoms with Crippen LogP contribution in [0.5, 0.6) is 0 Å². The maximum absolute atomic E-state index is 10.8. The minimum absolute atomic E-state index is 0.397. The van der Waals surface area contributed by atoms with Crippen molar-refractivity contribution >= 4 is 5.91 Å². The summed E-state index contributed by atoms with van der Waals surface area (Å²) in [5.41, 5.74) is 10.8. The van der Waals surface area contributed by atoms with Crippen molar-refractivity contribution in [2.24, 2.45) is 11.5 Å². The number of primary amides is 1. The third-order valence-electron chi connectivity index (χ3n) is 2.78. The van der Waals surface area contributed by atoms with E-state index >= 15 is 0 Å². The largest absolute Gasteiger partial charge is 0.368 e. The smallest absolute Gasteiger partial charge is 0.234 e. The van der Waals surface area contributed by atoms with Gasteiger partial charge in [-0.2, -0.15) is 0 Å². The van der Waals surface area contributed by atoms with Gasteiger partial charge in [0.05, 0.1) is 6.04 Å². The van der Waals surface area contributed by atoms with Gasteiger partial charge < -0.3 is 16.4 Å². The quantitative estimate of drug-likeness (QED) is 0.589. The van der Waals surface area contributed by atoms with E-state index in [1.807, 2.05) is 0 Å². The summed E-state index contributed by atoms with van der Waals surface area (Å²) in [5, 5.41) is 0. The van der Waals surface area contributed by atoms with Crippen molar-refractivity contribution in [1.82, 2.24) is 4.90 Å². The predicted octanol–water partition coefficient (Wildman–Crippen LogP) is 1.09. The van der Waals surface area contributed by atoms with Gasteiger partial charge in [0.25, 0.3) is 0 Å². The molecule has 4 N–H and O–H groups in total. The van der Waals surface area contributed by atoms with Crippen LogP contribution in [-0.4, -0.2) is 36.5 Å². The molecule has 0 bridgehead atoms. The zero-order valence-electron chi connectivity index (χ0n) is 10.7. The van der Waals surface area contributed by atoms with E-state index in [1.165, 1.54) is 25.7 Å². The van der Waals surface area contributed by atoms with Crippen molar-refractivity contribution in [2.45, 2.75) is 52.0 Å². The number of unbranched alkanes of at least 4 members (excludes halogenated alkanes) is 2. The Bertz CT molecular complexity index is 177. The van der Waals surface area contributed by atoms with Crippen LogP contribution in [0.25, 0.3) is 0 Å². The zero-order valence-corrected chi connectivity index (χ0v) is 10.7. The molecule has 4 nitrogen and oxygen atoms in total. The van der Waals surface area contributed by atoms with Crippen molar-refractivity contribution in [3.8, 4) is 0 Å². The fourth-order valence-corrected chi connectivity index (χ4v) is 1.56. The topological polar surface area (TPSA) is 72.3 Å². The van der Waals surface area contributed by atoms with Gasteiger partial charge in [-0.3, -0.25) is 4.79 Å². The highest BCUT2D eigenvalue weighted by Crippen LogP contribution is 2.01. The SMILES string of the molecule is CCCCN(CCCC)CCC(N)C(N)=O. The van der Waals surface area contributed by atoms with Crippen LogP contribution < -0.4 is 11.5 Å². The second kappa shape index (κ2) is 9.60. The Morgan fingerprint density at radius 1 is 1.12 bits per heavy atom. The summed E-state index contributed by atoms with van der Waals surface area (Å²) in [4.78, 5) is 13.2. The van der Waals surface area contributed by atoms with Crippen LogP contribution in [0, 0.1) is 0 Å².